The fourth-order valence-corrected chi connectivity index (χ4v) is 3.88. The van der Waals surface area contributed by atoms with Crippen LogP contribution in [0, 0.1) is 11.6 Å². The Morgan fingerprint density at radius 2 is 1.45 bits per heavy atom. The quantitative estimate of drug-likeness (QED) is 0.349. The van der Waals surface area contributed by atoms with E-state index in [0.717, 1.165) is 20.9 Å². The molecule has 0 aromatic heterocycles. The molecule has 3 nitrogen and oxygen atoms in total. The molecule has 1 amide bonds. The highest BCUT2D eigenvalue weighted by molar-refractivity contribution is 7.99. The molecule has 4 aromatic rings. The van der Waals surface area contributed by atoms with E-state index in [1.807, 2.05) is 24.3 Å². The molecule has 0 saturated carbocycles. The number of carbonyl (C=O) groups is 1. The van der Waals surface area contributed by atoms with Crippen LogP contribution in [0.25, 0.3) is 11.1 Å². The number of nitrogens with two attached hydrogens (primary N) is 1. The largest absolute Gasteiger partial charge is 0.397 e. The Kier molecular flexibility index (Phi) is 6.00. The molecule has 0 fully saturated rings. The minimum absolute atomic E-state index is 0.290. The zero-order chi connectivity index (χ0) is 21.8. The van der Waals surface area contributed by atoms with Crippen LogP contribution in [0.4, 0.5) is 20.2 Å². The average molecular weight is 432 g/mol. The van der Waals surface area contributed by atoms with Crippen LogP contribution in [0.15, 0.2) is 101 Å². The standard InChI is InChI=1S/C25H18F2N2OS/c26-19-9-4-16(5-10-19)18-8-13-23(28)24(14-18)29-25(30)17-6-11-21(12-7-17)31-22-3-1-2-20(27)15-22/h1-15H,28H2,(H,29,30). The molecular formula is C25H18F2N2OS. The summed E-state index contributed by atoms with van der Waals surface area (Å²) in [5.74, 6) is -0.904. The summed E-state index contributed by atoms with van der Waals surface area (Å²) in [4.78, 5) is 14.4. The highest BCUT2D eigenvalue weighted by Gasteiger charge is 2.10. The molecule has 0 aliphatic heterocycles. The van der Waals surface area contributed by atoms with Gasteiger partial charge >= 0.3 is 0 Å². The number of carbonyl (C=O) groups excluding carboxylic acids is 1. The number of rotatable bonds is 5. The average Bonchev–Trinajstić information content (AvgIpc) is 2.76. The number of amides is 1. The molecule has 0 aliphatic carbocycles. The molecule has 0 radical (unpaired) electrons. The number of nitrogens with one attached hydrogen (secondary N) is 1. The highest BCUT2D eigenvalue weighted by atomic mass is 32.2. The Balaban J connectivity index is 1.49. The van der Waals surface area contributed by atoms with Gasteiger partial charge in [-0.2, -0.15) is 0 Å². The van der Waals surface area contributed by atoms with Gasteiger partial charge in [-0.25, -0.2) is 8.78 Å². The van der Waals surface area contributed by atoms with Gasteiger partial charge in [0.15, 0.2) is 0 Å². The van der Waals surface area contributed by atoms with Crippen molar-refractivity contribution in [3.05, 3.63) is 108 Å². The fraction of sp³-hybridized carbons (Fsp3) is 0. The second kappa shape index (κ2) is 9.02. The Morgan fingerprint density at radius 3 is 2.16 bits per heavy atom. The molecule has 154 valence electrons. The molecule has 6 heteroatoms. The van der Waals surface area contributed by atoms with Gasteiger partial charge in [-0.3, -0.25) is 4.79 Å². The van der Waals surface area contributed by atoms with Crippen LogP contribution < -0.4 is 11.1 Å². The molecule has 4 aromatic carbocycles. The van der Waals surface area contributed by atoms with E-state index < -0.39 is 0 Å². The molecule has 0 saturated heterocycles. The maximum absolute atomic E-state index is 13.3. The normalized spacial score (nSPS) is 10.6. The van der Waals surface area contributed by atoms with E-state index in [0.29, 0.717) is 16.9 Å². The van der Waals surface area contributed by atoms with E-state index in [9.17, 15) is 13.6 Å². The molecule has 31 heavy (non-hydrogen) atoms. The van der Waals surface area contributed by atoms with Gasteiger partial charge in [0.1, 0.15) is 11.6 Å². The Hall–Kier alpha value is -3.64. The van der Waals surface area contributed by atoms with Crippen molar-refractivity contribution in [1.29, 1.82) is 0 Å². The number of hydrogen-bond donors (Lipinski definition) is 2. The SMILES string of the molecule is Nc1ccc(-c2ccc(F)cc2)cc1NC(=O)c1ccc(Sc2cccc(F)c2)cc1. The summed E-state index contributed by atoms with van der Waals surface area (Å²) < 4.78 is 26.5. The van der Waals surface area contributed by atoms with E-state index in [4.69, 9.17) is 5.73 Å². The fourth-order valence-electron chi connectivity index (χ4n) is 3.02. The summed E-state index contributed by atoms with van der Waals surface area (Å²) in [5.41, 5.74) is 9.03. The molecular weight excluding hydrogens is 414 g/mol. The minimum Gasteiger partial charge on any atom is -0.397 e. The van der Waals surface area contributed by atoms with E-state index in [1.165, 1.54) is 36.0 Å². The molecule has 0 bridgehead atoms. The monoisotopic (exact) mass is 432 g/mol. The summed E-state index contributed by atoms with van der Waals surface area (Å²) in [6, 6.07) is 24.7. The number of anilines is 2. The Bertz CT molecular complexity index is 1230. The van der Waals surface area contributed by atoms with Crippen molar-refractivity contribution in [3.63, 3.8) is 0 Å². The van der Waals surface area contributed by atoms with Crippen LogP contribution in [0.5, 0.6) is 0 Å². The van der Waals surface area contributed by atoms with Crippen LogP contribution in [0.1, 0.15) is 10.4 Å². The van der Waals surface area contributed by atoms with Gasteiger partial charge in [-0.1, -0.05) is 36.0 Å². The van der Waals surface area contributed by atoms with Crippen LogP contribution in [0.3, 0.4) is 0 Å². The molecule has 4 rings (SSSR count). The maximum atomic E-state index is 13.3. The third-order valence-corrected chi connectivity index (χ3v) is 5.62. The van der Waals surface area contributed by atoms with Gasteiger partial charge in [-0.15, -0.1) is 0 Å². The van der Waals surface area contributed by atoms with Crippen molar-refractivity contribution in [2.24, 2.45) is 0 Å². The highest BCUT2D eigenvalue weighted by Crippen LogP contribution is 2.30. The molecule has 0 heterocycles. The van der Waals surface area contributed by atoms with Crippen LogP contribution in [0.2, 0.25) is 0 Å². The van der Waals surface area contributed by atoms with E-state index in [-0.39, 0.29) is 17.5 Å². The van der Waals surface area contributed by atoms with Crippen molar-refractivity contribution in [2.75, 3.05) is 11.1 Å². The van der Waals surface area contributed by atoms with Gasteiger partial charge in [0.05, 0.1) is 11.4 Å². The van der Waals surface area contributed by atoms with Crippen LogP contribution in [-0.2, 0) is 0 Å². The first-order chi connectivity index (χ1) is 15.0. The van der Waals surface area contributed by atoms with Crippen LogP contribution >= 0.6 is 11.8 Å². The van der Waals surface area contributed by atoms with Gasteiger partial charge in [0.25, 0.3) is 5.91 Å². The summed E-state index contributed by atoms with van der Waals surface area (Å²) >= 11 is 1.41. The van der Waals surface area contributed by atoms with Crippen molar-refractivity contribution in [1.82, 2.24) is 0 Å². The van der Waals surface area contributed by atoms with E-state index in [1.54, 1.807) is 42.5 Å². The van der Waals surface area contributed by atoms with E-state index in [2.05, 4.69) is 5.32 Å². The Morgan fingerprint density at radius 1 is 0.742 bits per heavy atom. The summed E-state index contributed by atoms with van der Waals surface area (Å²) in [6.07, 6.45) is 0. The number of nitrogen functional groups attached to an aromatic ring is 1. The number of hydrogen-bond acceptors (Lipinski definition) is 3. The molecule has 0 spiro atoms. The number of halogens is 2. The van der Waals surface area contributed by atoms with E-state index >= 15 is 0 Å². The van der Waals surface area contributed by atoms with Crippen molar-refractivity contribution in [2.45, 2.75) is 9.79 Å². The number of benzene rings is 4. The zero-order valence-electron chi connectivity index (χ0n) is 16.3. The molecule has 3 N–H and O–H groups in total. The van der Waals surface area contributed by atoms with Crippen molar-refractivity contribution >= 4 is 29.0 Å². The van der Waals surface area contributed by atoms with Gasteiger partial charge < -0.3 is 11.1 Å². The Labute approximate surface area is 182 Å². The second-order valence-corrected chi connectivity index (χ2v) is 7.99. The predicted molar refractivity (Wildman–Crippen MR) is 121 cm³/mol. The molecule has 0 aliphatic rings. The third-order valence-electron chi connectivity index (χ3n) is 4.63. The lowest BCUT2D eigenvalue weighted by molar-refractivity contribution is 0.102. The topological polar surface area (TPSA) is 55.1 Å². The lowest BCUT2D eigenvalue weighted by atomic mass is 10.0. The lowest BCUT2D eigenvalue weighted by Crippen LogP contribution is -2.13. The smallest absolute Gasteiger partial charge is 0.255 e. The maximum Gasteiger partial charge on any atom is 0.255 e. The molecule has 0 unspecified atom stereocenters. The first kappa shape index (κ1) is 20.6. The predicted octanol–water partition coefficient (Wildman–Crippen LogP) is 6.62. The minimum atomic E-state index is -0.313. The van der Waals surface area contributed by atoms with Crippen LogP contribution in [-0.4, -0.2) is 5.91 Å². The first-order valence-corrected chi connectivity index (χ1v) is 10.3. The first-order valence-electron chi connectivity index (χ1n) is 9.48. The van der Waals surface area contributed by atoms with Gasteiger partial charge in [0, 0.05) is 15.4 Å². The van der Waals surface area contributed by atoms with Gasteiger partial charge in [0.2, 0.25) is 0 Å². The zero-order valence-corrected chi connectivity index (χ0v) is 17.1. The summed E-state index contributed by atoms with van der Waals surface area (Å²) in [7, 11) is 0. The van der Waals surface area contributed by atoms with Crippen molar-refractivity contribution < 1.29 is 13.6 Å². The lowest BCUT2D eigenvalue weighted by Gasteiger charge is -2.11. The van der Waals surface area contributed by atoms with Gasteiger partial charge in [-0.05, 0) is 77.9 Å². The summed E-state index contributed by atoms with van der Waals surface area (Å²) in [6.45, 7) is 0. The second-order valence-electron chi connectivity index (χ2n) is 6.85. The third kappa shape index (κ3) is 5.10. The molecule has 0 atom stereocenters. The van der Waals surface area contributed by atoms with Crippen molar-refractivity contribution in [3.8, 4) is 11.1 Å². The summed E-state index contributed by atoms with van der Waals surface area (Å²) in [5, 5.41) is 2.83.